The van der Waals surface area contributed by atoms with E-state index >= 15 is 0 Å². The predicted octanol–water partition coefficient (Wildman–Crippen LogP) is 3.11. The van der Waals surface area contributed by atoms with Crippen LogP contribution < -0.4 is 15.4 Å². The summed E-state index contributed by atoms with van der Waals surface area (Å²) in [4.78, 5) is 32.4. The van der Waals surface area contributed by atoms with Crippen LogP contribution in [-0.4, -0.2) is 34.6 Å². The SMILES string of the molecule is Cc1cc(CNC(=O)c2ccnc(NC(=O)C3CC3)n2)cc(C)c1OC[C@@H](C)F. The van der Waals surface area contributed by atoms with Gasteiger partial charge in [-0.2, -0.15) is 0 Å². The molecule has 0 spiro atoms. The highest BCUT2D eigenvalue weighted by Gasteiger charge is 2.30. The Labute approximate surface area is 169 Å². The van der Waals surface area contributed by atoms with Crippen LogP contribution in [0.15, 0.2) is 24.4 Å². The summed E-state index contributed by atoms with van der Waals surface area (Å²) < 4.78 is 18.6. The second-order valence-corrected chi connectivity index (χ2v) is 7.36. The van der Waals surface area contributed by atoms with Gasteiger partial charge < -0.3 is 10.1 Å². The number of amides is 2. The van der Waals surface area contributed by atoms with Crippen LogP contribution in [-0.2, 0) is 11.3 Å². The van der Waals surface area contributed by atoms with Crippen molar-refractivity contribution in [2.24, 2.45) is 5.92 Å². The van der Waals surface area contributed by atoms with Gasteiger partial charge in [0, 0.05) is 18.7 Å². The zero-order chi connectivity index (χ0) is 21.0. The molecule has 1 aromatic carbocycles. The molecule has 7 nitrogen and oxygen atoms in total. The summed E-state index contributed by atoms with van der Waals surface area (Å²) in [6.07, 6.45) is 2.15. The fourth-order valence-electron chi connectivity index (χ4n) is 2.94. The largest absolute Gasteiger partial charge is 0.490 e. The first kappa shape index (κ1) is 20.7. The molecule has 0 unspecified atom stereocenters. The minimum atomic E-state index is -1.04. The smallest absolute Gasteiger partial charge is 0.270 e. The molecule has 1 aliphatic rings. The van der Waals surface area contributed by atoms with Crippen LogP contribution in [0.5, 0.6) is 5.75 Å². The van der Waals surface area contributed by atoms with E-state index in [1.54, 1.807) is 0 Å². The topological polar surface area (TPSA) is 93.2 Å². The van der Waals surface area contributed by atoms with Crippen molar-refractivity contribution in [3.05, 3.63) is 46.8 Å². The number of hydrogen-bond donors (Lipinski definition) is 2. The predicted molar refractivity (Wildman–Crippen MR) is 107 cm³/mol. The minimum absolute atomic E-state index is 0.00505. The van der Waals surface area contributed by atoms with Crippen LogP contribution in [0, 0.1) is 19.8 Å². The van der Waals surface area contributed by atoms with Crippen molar-refractivity contribution >= 4 is 17.8 Å². The van der Waals surface area contributed by atoms with Gasteiger partial charge in [0.25, 0.3) is 5.91 Å². The zero-order valence-electron chi connectivity index (χ0n) is 16.8. The molecular weight excluding hydrogens is 375 g/mol. The number of carbonyl (C=O) groups excluding carboxylic acids is 2. The Morgan fingerprint density at radius 2 is 1.97 bits per heavy atom. The minimum Gasteiger partial charge on any atom is -0.490 e. The van der Waals surface area contributed by atoms with E-state index in [4.69, 9.17) is 4.74 Å². The third-order valence-corrected chi connectivity index (χ3v) is 4.50. The van der Waals surface area contributed by atoms with E-state index in [1.807, 2.05) is 26.0 Å². The lowest BCUT2D eigenvalue weighted by molar-refractivity contribution is -0.117. The molecule has 1 fully saturated rings. The number of nitrogens with one attached hydrogen (secondary N) is 2. The summed E-state index contributed by atoms with van der Waals surface area (Å²) in [5.41, 5.74) is 2.82. The lowest BCUT2D eigenvalue weighted by Gasteiger charge is -2.15. The first-order valence-electron chi connectivity index (χ1n) is 9.62. The van der Waals surface area contributed by atoms with Crippen LogP contribution in [0.4, 0.5) is 10.3 Å². The fourth-order valence-corrected chi connectivity index (χ4v) is 2.94. The molecule has 2 N–H and O–H groups in total. The molecule has 1 saturated carbocycles. The molecule has 1 aliphatic carbocycles. The highest BCUT2D eigenvalue weighted by Crippen LogP contribution is 2.29. The summed E-state index contributed by atoms with van der Waals surface area (Å²) in [5, 5.41) is 5.44. The molecular formula is C21H25FN4O3. The number of benzene rings is 1. The maximum Gasteiger partial charge on any atom is 0.270 e. The number of carbonyl (C=O) groups is 2. The third kappa shape index (κ3) is 5.73. The van der Waals surface area contributed by atoms with E-state index in [1.165, 1.54) is 19.2 Å². The Morgan fingerprint density at radius 3 is 2.59 bits per heavy atom. The van der Waals surface area contributed by atoms with Gasteiger partial charge in [-0.3, -0.25) is 14.9 Å². The van der Waals surface area contributed by atoms with Gasteiger partial charge in [0.2, 0.25) is 11.9 Å². The summed E-state index contributed by atoms with van der Waals surface area (Å²) >= 11 is 0. The highest BCUT2D eigenvalue weighted by atomic mass is 19.1. The number of rotatable bonds is 8. The number of anilines is 1. The van der Waals surface area contributed by atoms with Crippen LogP contribution in [0.2, 0.25) is 0 Å². The maximum atomic E-state index is 13.0. The summed E-state index contributed by atoms with van der Waals surface area (Å²) in [6, 6.07) is 5.28. The van der Waals surface area contributed by atoms with Gasteiger partial charge in [-0.05, 0) is 56.4 Å². The zero-order valence-corrected chi connectivity index (χ0v) is 16.8. The van der Waals surface area contributed by atoms with Crippen molar-refractivity contribution in [1.82, 2.24) is 15.3 Å². The second kappa shape index (κ2) is 8.98. The fraction of sp³-hybridized carbons (Fsp3) is 0.429. The second-order valence-electron chi connectivity index (χ2n) is 7.36. The molecule has 0 aliphatic heterocycles. The Balaban J connectivity index is 1.61. The van der Waals surface area contributed by atoms with Gasteiger partial charge in [0.05, 0.1) is 0 Å². The van der Waals surface area contributed by atoms with E-state index in [2.05, 4.69) is 20.6 Å². The van der Waals surface area contributed by atoms with E-state index in [9.17, 15) is 14.0 Å². The van der Waals surface area contributed by atoms with E-state index in [0.717, 1.165) is 29.5 Å². The first-order valence-corrected chi connectivity index (χ1v) is 9.62. The average Bonchev–Trinajstić information content (AvgIpc) is 3.50. The van der Waals surface area contributed by atoms with Gasteiger partial charge in [0.15, 0.2) is 0 Å². The van der Waals surface area contributed by atoms with E-state index < -0.39 is 6.17 Å². The molecule has 0 saturated heterocycles. The normalized spacial score (nSPS) is 14.2. The van der Waals surface area contributed by atoms with Crippen molar-refractivity contribution < 1.29 is 18.7 Å². The number of nitrogens with zero attached hydrogens (tertiary/aromatic N) is 2. The first-order chi connectivity index (χ1) is 13.8. The standard InChI is InChI=1S/C21H25FN4O3/c1-12-8-15(9-13(2)18(12)29-11-14(3)22)10-24-20(28)17-6-7-23-21(25-17)26-19(27)16-4-5-16/h6-9,14,16H,4-5,10-11H2,1-3H3,(H,24,28)(H,23,25,26,27)/t14-/m1/s1. The molecule has 2 aromatic rings. The van der Waals surface area contributed by atoms with Crippen molar-refractivity contribution in [2.75, 3.05) is 11.9 Å². The molecule has 154 valence electrons. The monoisotopic (exact) mass is 400 g/mol. The quantitative estimate of drug-likeness (QED) is 0.710. The van der Waals surface area contributed by atoms with E-state index in [-0.39, 0.29) is 36.0 Å². The molecule has 3 rings (SSSR count). The van der Waals surface area contributed by atoms with Crippen LogP contribution in [0.25, 0.3) is 0 Å². The number of halogens is 1. The highest BCUT2D eigenvalue weighted by molar-refractivity contribution is 5.94. The van der Waals surface area contributed by atoms with Gasteiger partial charge in [-0.15, -0.1) is 0 Å². The number of aromatic nitrogens is 2. The van der Waals surface area contributed by atoms with Gasteiger partial charge >= 0.3 is 0 Å². The number of alkyl halides is 1. The van der Waals surface area contributed by atoms with Crippen LogP contribution >= 0.6 is 0 Å². The van der Waals surface area contributed by atoms with Crippen LogP contribution in [0.1, 0.15) is 46.9 Å². The van der Waals surface area contributed by atoms with E-state index in [0.29, 0.717) is 12.3 Å². The Bertz CT molecular complexity index is 890. The Kier molecular flexibility index (Phi) is 6.41. The summed E-state index contributed by atoms with van der Waals surface area (Å²) in [5.74, 6) is 0.345. The van der Waals surface area contributed by atoms with Gasteiger partial charge in [-0.25, -0.2) is 14.4 Å². The molecule has 29 heavy (non-hydrogen) atoms. The number of ether oxygens (including phenoxy) is 1. The lowest BCUT2D eigenvalue weighted by atomic mass is 10.1. The average molecular weight is 400 g/mol. The Hall–Kier alpha value is -3.03. The molecule has 2 amide bonds. The van der Waals surface area contributed by atoms with Crippen molar-refractivity contribution in [3.63, 3.8) is 0 Å². The van der Waals surface area contributed by atoms with Gasteiger partial charge in [-0.1, -0.05) is 12.1 Å². The lowest BCUT2D eigenvalue weighted by Crippen LogP contribution is -2.25. The third-order valence-electron chi connectivity index (χ3n) is 4.50. The summed E-state index contributed by atoms with van der Waals surface area (Å²) in [6.45, 7) is 5.52. The molecule has 0 radical (unpaired) electrons. The molecule has 8 heteroatoms. The van der Waals surface area contributed by atoms with Gasteiger partial charge in [0.1, 0.15) is 24.2 Å². The van der Waals surface area contributed by atoms with Crippen LogP contribution in [0.3, 0.4) is 0 Å². The number of hydrogen-bond acceptors (Lipinski definition) is 5. The molecule has 1 aromatic heterocycles. The molecule has 1 atom stereocenters. The molecule has 1 heterocycles. The number of aryl methyl sites for hydroxylation is 2. The van der Waals surface area contributed by atoms with Crippen molar-refractivity contribution in [2.45, 2.75) is 46.3 Å². The molecule has 0 bridgehead atoms. The maximum absolute atomic E-state index is 13.0. The van der Waals surface area contributed by atoms with Crippen molar-refractivity contribution in [1.29, 1.82) is 0 Å². The summed E-state index contributed by atoms with van der Waals surface area (Å²) in [7, 11) is 0. The van der Waals surface area contributed by atoms with Crippen molar-refractivity contribution in [3.8, 4) is 5.75 Å². The Morgan fingerprint density at radius 1 is 1.28 bits per heavy atom.